The molecule has 0 aromatic heterocycles. The number of nitrogens with zero attached hydrogens (tertiary/aromatic N) is 1. The minimum atomic E-state index is -6.41. The maximum absolute atomic E-state index is 14.3. The van der Waals surface area contributed by atoms with Crippen LogP contribution in [0.4, 0.5) is 30.7 Å². The van der Waals surface area contributed by atoms with Crippen molar-refractivity contribution in [1.29, 1.82) is 0 Å². The molecule has 2 aromatic carbocycles. The van der Waals surface area contributed by atoms with Crippen LogP contribution in [-0.4, -0.2) is 30.8 Å². The van der Waals surface area contributed by atoms with Crippen LogP contribution in [0.25, 0.3) is 11.1 Å². The van der Waals surface area contributed by atoms with Crippen molar-refractivity contribution in [1.82, 2.24) is 0 Å². The highest BCUT2D eigenvalue weighted by molar-refractivity contribution is 6.06. The van der Waals surface area contributed by atoms with Gasteiger partial charge in [0.15, 0.2) is 0 Å². The number of rotatable bonds is 5. The van der Waals surface area contributed by atoms with Gasteiger partial charge in [0.25, 0.3) is 0 Å². The summed E-state index contributed by atoms with van der Waals surface area (Å²) in [6.45, 7) is 0. The van der Waals surface area contributed by atoms with Gasteiger partial charge in [-0.1, -0.05) is 48.5 Å². The summed E-state index contributed by atoms with van der Waals surface area (Å²) in [4.78, 5) is 3.11. The molecule has 7 unspecified atom stereocenters. The van der Waals surface area contributed by atoms with Gasteiger partial charge in [-0.3, -0.25) is 4.99 Å². The van der Waals surface area contributed by atoms with E-state index < -0.39 is 29.3 Å². The van der Waals surface area contributed by atoms with Crippen LogP contribution in [0.15, 0.2) is 53.5 Å². The summed E-state index contributed by atoms with van der Waals surface area (Å²) in [6, 6.07) is 13.3. The molecule has 8 heteroatoms. The topological polar surface area (TPSA) is 12.4 Å². The Morgan fingerprint density at radius 3 is 1.84 bits per heavy atom. The van der Waals surface area contributed by atoms with Crippen LogP contribution < -0.4 is 0 Å². The minimum Gasteiger partial charge on any atom is -0.286 e. The molecule has 1 nitrogen and oxygen atoms in total. The summed E-state index contributed by atoms with van der Waals surface area (Å²) in [6.07, 6.45) is 0.413. The maximum atomic E-state index is 14.3. The predicted molar refractivity (Wildman–Crippen MR) is 127 cm³/mol. The molecule has 0 heterocycles. The van der Waals surface area contributed by atoms with Crippen molar-refractivity contribution >= 4 is 5.71 Å². The van der Waals surface area contributed by atoms with E-state index in [1.165, 1.54) is 49.8 Å². The predicted octanol–water partition coefficient (Wildman–Crippen LogP) is 8.39. The first-order chi connectivity index (χ1) is 17.4. The third-order valence-electron chi connectivity index (χ3n) is 9.84. The van der Waals surface area contributed by atoms with E-state index in [0.717, 1.165) is 60.3 Å². The van der Waals surface area contributed by atoms with Gasteiger partial charge in [-0.25, -0.2) is 0 Å². The van der Waals surface area contributed by atoms with Gasteiger partial charge in [-0.05, 0) is 90.2 Å². The van der Waals surface area contributed by atoms with Gasteiger partial charge in [-0.15, -0.1) is 0 Å². The normalized spacial score (nSPS) is 33.3. The van der Waals surface area contributed by atoms with E-state index >= 15 is 0 Å². The van der Waals surface area contributed by atoms with Gasteiger partial charge in [0.1, 0.15) is 5.71 Å². The SMILES string of the molecule is C/N=C(/c1ccc(-c2ccc(C3CC4CC3C3C5CCC(C5)C43)cc2)cc1)C(F)(F)C(F)(F)C(F)(F)F. The molecule has 0 radical (unpaired) electrons. The van der Waals surface area contributed by atoms with E-state index in [1.54, 1.807) is 0 Å². The summed E-state index contributed by atoms with van der Waals surface area (Å²) < 4.78 is 93.5. The molecule has 4 bridgehead atoms. The molecule has 0 amide bonds. The van der Waals surface area contributed by atoms with Crippen molar-refractivity contribution in [2.45, 2.75) is 56.0 Å². The first kappa shape index (κ1) is 24.9. The lowest BCUT2D eigenvalue weighted by Crippen LogP contribution is -2.56. The number of hydrogen-bond acceptors (Lipinski definition) is 1. The quantitative estimate of drug-likeness (QED) is 0.212. The van der Waals surface area contributed by atoms with Crippen molar-refractivity contribution in [3.63, 3.8) is 0 Å². The zero-order chi connectivity index (χ0) is 26.3. The number of aliphatic imine (C=N–C) groups is 1. The Morgan fingerprint density at radius 1 is 0.703 bits per heavy atom. The zero-order valence-electron chi connectivity index (χ0n) is 20.3. The standard InChI is InChI=1S/C29H28F7N/c1-37-26(27(30,31)28(32,33)29(34,35)36)18-8-4-16(5-9-18)15-2-6-17(7-3-15)22-13-21-14-23(22)25-20-11-10-19(12-20)24(21)25/h2-9,19-25H,10-14H2,1H3/b37-26-. The van der Waals surface area contributed by atoms with Gasteiger partial charge in [0.2, 0.25) is 0 Å². The monoisotopic (exact) mass is 523 g/mol. The lowest BCUT2D eigenvalue weighted by Gasteiger charge is -2.39. The van der Waals surface area contributed by atoms with Crippen LogP contribution in [0.1, 0.15) is 49.1 Å². The lowest BCUT2D eigenvalue weighted by molar-refractivity contribution is -0.336. The van der Waals surface area contributed by atoms with Gasteiger partial charge < -0.3 is 0 Å². The smallest absolute Gasteiger partial charge is 0.286 e. The van der Waals surface area contributed by atoms with E-state index in [0.29, 0.717) is 11.5 Å². The molecular weight excluding hydrogens is 495 g/mol. The highest BCUT2D eigenvalue weighted by atomic mass is 19.4. The molecule has 4 aliphatic carbocycles. The fourth-order valence-corrected chi connectivity index (χ4v) is 8.47. The Hall–Kier alpha value is -2.38. The van der Waals surface area contributed by atoms with E-state index in [9.17, 15) is 30.7 Å². The van der Waals surface area contributed by atoms with Crippen molar-refractivity contribution in [3.8, 4) is 11.1 Å². The Balaban J connectivity index is 1.19. The van der Waals surface area contributed by atoms with E-state index in [-0.39, 0.29) is 0 Å². The Morgan fingerprint density at radius 2 is 1.27 bits per heavy atom. The molecular formula is C29H28F7N. The number of benzene rings is 2. The maximum Gasteiger partial charge on any atom is 0.460 e. The molecule has 0 aliphatic heterocycles. The number of fused-ring (bicyclic) bond motifs is 9. The molecule has 6 rings (SSSR count). The summed E-state index contributed by atoms with van der Waals surface area (Å²) >= 11 is 0. The second kappa shape index (κ2) is 8.31. The molecule has 0 spiro atoms. The van der Waals surface area contributed by atoms with Crippen LogP contribution >= 0.6 is 0 Å². The molecule has 7 atom stereocenters. The minimum absolute atomic E-state index is 0.487. The summed E-state index contributed by atoms with van der Waals surface area (Å²) in [5.41, 5.74) is 0.700. The second-order valence-electron chi connectivity index (χ2n) is 11.4. The van der Waals surface area contributed by atoms with Crippen molar-refractivity contribution < 1.29 is 30.7 Å². The summed E-state index contributed by atoms with van der Waals surface area (Å²) in [5.74, 6) is -5.89. The number of halogens is 7. The van der Waals surface area contributed by atoms with Gasteiger partial charge >= 0.3 is 18.0 Å². The fraction of sp³-hybridized carbons (Fsp3) is 0.552. The van der Waals surface area contributed by atoms with Crippen LogP contribution in [-0.2, 0) is 0 Å². The highest BCUT2D eigenvalue weighted by Crippen LogP contribution is 2.70. The third-order valence-corrected chi connectivity index (χ3v) is 9.84. The Kier molecular flexibility index (Phi) is 5.60. The molecule has 4 aliphatic rings. The lowest BCUT2D eigenvalue weighted by atomic mass is 9.66. The molecule has 198 valence electrons. The molecule has 2 aromatic rings. The van der Waals surface area contributed by atoms with Crippen LogP contribution in [0.3, 0.4) is 0 Å². The zero-order valence-corrected chi connectivity index (χ0v) is 20.3. The fourth-order valence-electron chi connectivity index (χ4n) is 8.47. The third kappa shape index (κ3) is 3.60. The molecule has 0 N–H and O–H groups in total. The Labute approximate surface area is 211 Å². The van der Waals surface area contributed by atoms with Crippen LogP contribution in [0, 0.1) is 35.5 Å². The van der Waals surface area contributed by atoms with E-state index in [4.69, 9.17) is 0 Å². The molecule has 4 fully saturated rings. The van der Waals surface area contributed by atoms with Crippen molar-refractivity contribution in [2.75, 3.05) is 7.05 Å². The second-order valence-corrected chi connectivity index (χ2v) is 11.4. The largest absolute Gasteiger partial charge is 0.460 e. The Bertz CT molecular complexity index is 1200. The van der Waals surface area contributed by atoms with Crippen molar-refractivity contribution in [3.05, 3.63) is 59.7 Å². The average Bonchev–Trinajstić information content (AvgIpc) is 3.64. The van der Waals surface area contributed by atoms with E-state index in [1.807, 2.05) is 12.1 Å². The van der Waals surface area contributed by atoms with Crippen LogP contribution in [0.5, 0.6) is 0 Å². The number of alkyl halides is 7. The van der Waals surface area contributed by atoms with Gasteiger partial charge in [0, 0.05) is 12.6 Å². The van der Waals surface area contributed by atoms with Gasteiger partial charge in [0.05, 0.1) is 0 Å². The molecule has 0 saturated heterocycles. The average molecular weight is 524 g/mol. The molecule has 4 saturated carbocycles. The summed E-state index contributed by atoms with van der Waals surface area (Å²) in [5, 5.41) is 0. The van der Waals surface area contributed by atoms with E-state index in [2.05, 4.69) is 17.1 Å². The first-order valence-corrected chi connectivity index (χ1v) is 12.9. The van der Waals surface area contributed by atoms with Crippen molar-refractivity contribution in [2.24, 2.45) is 40.5 Å². The summed E-state index contributed by atoms with van der Waals surface area (Å²) in [7, 11) is 0.775. The van der Waals surface area contributed by atoms with Crippen LogP contribution in [0.2, 0.25) is 0 Å². The highest BCUT2D eigenvalue weighted by Gasteiger charge is 2.75. The number of hydrogen-bond donors (Lipinski definition) is 0. The first-order valence-electron chi connectivity index (χ1n) is 12.9. The van der Waals surface area contributed by atoms with Gasteiger partial charge in [-0.2, -0.15) is 30.7 Å². The molecule has 37 heavy (non-hydrogen) atoms.